The molecule has 3 aromatic carbocycles. The molecule has 0 bridgehead atoms. The molecule has 0 aliphatic heterocycles. The van der Waals surface area contributed by atoms with Crippen LogP contribution in [0.15, 0.2) is 69.6 Å². The van der Waals surface area contributed by atoms with E-state index in [1.54, 1.807) is 24.3 Å². The number of hydrogen-bond acceptors (Lipinski definition) is 3. The van der Waals surface area contributed by atoms with Crippen LogP contribution in [-0.4, -0.2) is 12.6 Å². The number of carbonyl (C=O) groups excluding carboxylic acids is 1. The lowest BCUT2D eigenvalue weighted by atomic mass is 10.1. The van der Waals surface area contributed by atoms with Crippen LogP contribution in [0.1, 0.15) is 15.9 Å². The number of carbonyl (C=O) groups is 1. The fourth-order valence-corrected chi connectivity index (χ4v) is 4.17. The second-order valence-corrected chi connectivity index (χ2v) is 8.43. The molecule has 3 nitrogen and oxygen atoms in total. The van der Waals surface area contributed by atoms with Crippen LogP contribution in [0, 0.1) is 0 Å². The van der Waals surface area contributed by atoms with Crippen LogP contribution >= 0.6 is 55.1 Å². The summed E-state index contributed by atoms with van der Waals surface area (Å²) >= 11 is 18.8. The zero-order valence-electron chi connectivity index (χ0n) is 14.4. The number of esters is 1. The summed E-state index contributed by atoms with van der Waals surface area (Å²) in [5, 5.41) is 0.665. The molecule has 0 saturated heterocycles. The van der Waals surface area contributed by atoms with Gasteiger partial charge in [-0.15, -0.1) is 0 Å². The molecule has 0 unspecified atom stereocenters. The third-order valence-electron chi connectivity index (χ3n) is 3.81. The highest BCUT2D eigenvalue weighted by Gasteiger charge is 2.19. The molecule has 0 aromatic heterocycles. The third-order valence-corrected chi connectivity index (χ3v) is 5.39. The summed E-state index contributed by atoms with van der Waals surface area (Å²) in [6.07, 6.45) is 0.722. The quantitative estimate of drug-likeness (QED) is 0.240. The number of halogens is 4. The molecule has 0 atom stereocenters. The Morgan fingerprint density at radius 1 is 0.964 bits per heavy atom. The molecule has 0 spiro atoms. The number of rotatable bonds is 6. The van der Waals surface area contributed by atoms with E-state index in [1.165, 1.54) is 6.07 Å². The van der Waals surface area contributed by atoms with Gasteiger partial charge < -0.3 is 9.47 Å². The smallest absolute Gasteiger partial charge is 0.347 e. The van der Waals surface area contributed by atoms with E-state index in [1.807, 2.05) is 30.3 Å². The Labute approximate surface area is 189 Å². The van der Waals surface area contributed by atoms with E-state index in [9.17, 15) is 4.79 Å². The van der Waals surface area contributed by atoms with Crippen molar-refractivity contribution in [3.05, 3.63) is 90.8 Å². The van der Waals surface area contributed by atoms with Crippen molar-refractivity contribution in [2.75, 3.05) is 6.61 Å². The van der Waals surface area contributed by atoms with Gasteiger partial charge in [0.25, 0.3) is 0 Å². The first-order valence-electron chi connectivity index (χ1n) is 8.27. The first-order valence-corrected chi connectivity index (χ1v) is 10.6. The molecule has 0 heterocycles. The Bertz CT molecular complexity index is 971. The highest BCUT2D eigenvalue weighted by atomic mass is 79.9. The van der Waals surface area contributed by atoms with Crippen LogP contribution in [0.5, 0.6) is 11.5 Å². The molecule has 7 heteroatoms. The minimum absolute atomic E-state index is 0.200. The Balaban J connectivity index is 1.77. The minimum Gasteiger partial charge on any atom is -0.492 e. The lowest BCUT2D eigenvalue weighted by Gasteiger charge is -2.13. The van der Waals surface area contributed by atoms with Gasteiger partial charge in [0.05, 0.1) is 16.1 Å². The second-order valence-electron chi connectivity index (χ2n) is 5.81. The van der Waals surface area contributed by atoms with Gasteiger partial charge in [0.1, 0.15) is 11.3 Å². The van der Waals surface area contributed by atoms with E-state index < -0.39 is 5.97 Å². The van der Waals surface area contributed by atoms with Crippen molar-refractivity contribution < 1.29 is 14.3 Å². The number of ether oxygens (including phenoxy) is 2. The van der Waals surface area contributed by atoms with E-state index in [0.29, 0.717) is 27.4 Å². The van der Waals surface area contributed by atoms with Crippen LogP contribution in [-0.2, 0) is 6.42 Å². The van der Waals surface area contributed by atoms with Gasteiger partial charge in [-0.1, -0.05) is 69.5 Å². The molecule has 0 radical (unpaired) electrons. The molecular weight excluding hydrogens is 531 g/mol. The van der Waals surface area contributed by atoms with Gasteiger partial charge in [0.2, 0.25) is 0 Å². The monoisotopic (exact) mass is 542 g/mol. The summed E-state index contributed by atoms with van der Waals surface area (Å²) in [6, 6.07) is 18.3. The summed E-state index contributed by atoms with van der Waals surface area (Å²) in [6.45, 7) is 0.428. The molecular formula is C21H14Br2Cl2O3. The van der Waals surface area contributed by atoms with Crippen molar-refractivity contribution in [1.82, 2.24) is 0 Å². The maximum Gasteiger partial charge on any atom is 0.347 e. The highest BCUT2D eigenvalue weighted by Crippen LogP contribution is 2.37. The fourth-order valence-electron chi connectivity index (χ4n) is 2.49. The van der Waals surface area contributed by atoms with E-state index in [2.05, 4.69) is 31.9 Å². The Morgan fingerprint density at radius 3 is 2.43 bits per heavy atom. The number of hydrogen-bond donors (Lipinski definition) is 0. The Morgan fingerprint density at radius 2 is 1.71 bits per heavy atom. The summed E-state index contributed by atoms with van der Waals surface area (Å²) in [7, 11) is 0. The highest BCUT2D eigenvalue weighted by molar-refractivity contribution is 9.10. The maximum absolute atomic E-state index is 12.8. The van der Waals surface area contributed by atoms with Crippen LogP contribution in [0.25, 0.3) is 0 Å². The van der Waals surface area contributed by atoms with Crippen LogP contribution in [0.4, 0.5) is 0 Å². The first-order chi connectivity index (χ1) is 13.4. The number of benzene rings is 3. The van der Waals surface area contributed by atoms with Gasteiger partial charge in [-0.3, -0.25) is 0 Å². The summed E-state index contributed by atoms with van der Waals surface area (Å²) in [5.74, 6) is 0.0533. The fraction of sp³-hybridized carbons (Fsp3) is 0.0952. The van der Waals surface area contributed by atoms with Gasteiger partial charge in [-0.05, 0) is 51.8 Å². The molecule has 0 amide bonds. The normalized spacial score (nSPS) is 10.6. The van der Waals surface area contributed by atoms with E-state index >= 15 is 0 Å². The molecule has 3 rings (SSSR count). The van der Waals surface area contributed by atoms with Gasteiger partial charge in [0.15, 0.2) is 5.75 Å². The SMILES string of the molecule is O=C(Oc1c(Cl)cc(Cl)cc1Br)c1cc(Br)ccc1OCCc1ccccc1. The standard InChI is InChI=1S/C21H14Br2Cl2O3/c22-14-6-7-19(27-9-8-13-4-2-1-3-5-13)16(10-14)21(26)28-20-17(23)11-15(24)12-18(20)25/h1-7,10-12H,8-9H2. The van der Waals surface area contributed by atoms with Crippen molar-refractivity contribution in [3.8, 4) is 11.5 Å². The molecule has 0 fully saturated rings. The predicted octanol–water partition coefficient (Wildman–Crippen LogP) is 7.36. The molecule has 144 valence electrons. The van der Waals surface area contributed by atoms with E-state index in [-0.39, 0.29) is 10.8 Å². The maximum atomic E-state index is 12.8. The molecule has 28 heavy (non-hydrogen) atoms. The molecule has 0 saturated carbocycles. The van der Waals surface area contributed by atoms with Crippen molar-refractivity contribution in [1.29, 1.82) is 0 Å². The lowest BCUT2D eigenvalue weighted by Crippen LogP contribution is -2.12. The van der Waals surface area contributed by atoms with Crippen molar-refractivity contribution in [2.24, 2.45) is 0 Å². The molecule has 3 aromatic rings. The van der Waals surface area contributed by atoms with Gasteiger partial charge in [0, 0.05) is 15.9 Å². The average molecular weight is 545 g/mol. The second kappa shape index (κ2) is 9.79. The summed E-state index contributed by atoms with van der Waals surface area (Å²) < 4.78 is 12.6. The predicted molar refractivity (Wildman–Crippen MR) is 119 cm³/mol. The van der Waals surface area contributed by atoms with Gasteiger partial charge in [-0.25, -0.2) is 4.79 Å². The zero-order chi connectivity index (χ0) is 20.1. The van der Waals surface area contributed by atoms with Crippen LogP contribution in [0.3, 0.4) is 0 Å². The Hall–Kier alpha value is -1.53. The lowest BCUT2D eigenvalue weighted by molar-refractivity contribution is 0.0729. The van der Waals surface area contributed by atoms with Crippen LogP contribution < -0.4 is 9.47 Å². The largest absolute Gasteiger partial charge is 0.492 e. The summed E-state index contributed by atoms with van der Waals surface area (Å²) in [4.78, 5) is 12.8. The topological polar surface area (TPSA) is 35.5 Å². The van der Waals surface area contributed by atoms with Gasteiger partial charge in [-0.2, -0.15) is 0 Å². The van der Waals surface area contributed by atoms with Crippen molar-refractivity contribution in [2.45, 2.75) is 6.42 Å². The first kappa shape index (κ1) is 21.2. The summed E-state index contributed by atoms with van der Waals surface area (Å²) in [5.41, 5.74) is 1.45. The van der Waals surface area contributed by atoms with Crippen molar-refractivity contribution in [3.63, 3.8) is 0 Å². The van der Waals surface area contributed by atoms with E-state index in [0.717, 1.165) is 16.5 Å². The molecule has 0 N–H and O–H groups in total. The zero-order valence-corrected chi connectivity index (χ0v) is 19.1. The molecule has 0 aliphatic carbocycles. The third kappa shape index (κ3) is 5.51. The minimum atomic E-state index is -0.582. The molecule has 0 aliphatic rings. The van der Waals surface area contributed by atoms with E-state index in [4.69, 9.17) is 32.7 Å². The van der Waals surface area contributed by atoms with Crippen LogP contribution in [0.2, 0.25) is 10.0 Å². The Kier molecular flexibility index (Phi) is 7.41. The van der Waals surface area contributed by atoms with Gasteiger partial charge >= 0.3 is 5.97 Å². The van der Waals surface area contributed by atoms with Crippen molar-refractivity contribution >= 4 is 61.0 Å². The average Bonchev–Trinajstić information content (AvgIpc) is 2.66.